The van der Waals surface area contributed by atoms with Gasteiger partial charge in [0.15, 0.2) is 0 Å². The van der Waals surface area contributed by atoms with E-state index in [0.717, 1.165) is 23.6 Å². The van der Waals surface area contributed by atoms with Gasteiger partial charge in [0.05, 0.1) is 18.7 Å². The molecular weight excluding hydrogens is 357 g/mol. The number of rotatable bonds is 6. The molecule has 0 radical (unpaired) electrons. The zero-order valence-corrected chi connectivity index (χ0v) is 15.8. The summed E-state index contributed by atoms with van der Waals surface area (Å²) < 4.78 is 11.1. The van der Waals surface area contributed by atoms with Crippen molar-refractivity contribution in [2.45, 2.75) is 20.0 Å². The normalized spacial score (nSPS) is 10.4. The molecule has 3 nitrogen and oxygen atoms in total. The Hall–Kier alpha value is -1.94. The lowest BCUT2D eigenvalue weighted by molar-refractivity contribution is 0.415. The summed E-state index contributed by atoms with van der Waals surface area (Å²) in [5.74, 6) is 2.35. The van der Waals surface area contributed by atoms with Gasteiger partial charge in [-0.05, 0) is 42.8 Å². The maximum atomic E-state index is 6.17. The zero-order valence-electron chi connectivity index (χ0n) is 14.2. The van der Waals surface area contributed by atoms with E-state index in [2.05, 4.69) is 36.5 Å². The van der Waals surface area contributed by atoms with Crippen molar-refractivity contribution >= 4 is 24.0 Å². The highest BCUT2D eigenvalue weighted by Gasteiger charge is 2.08. The van der Waals surface area contributed by atoms with Gasteiger partial charge in [-0.15, -0.1) is 12.4 Å². The molecule has 2 aromatic carbocycles. The molecule has 132 valence electrons. The minimum Gasteiger partial charge on any atom is -0.495 e. The third-order valence-electron chi connectivity index (χ3n) is 3.85. The van der Waals surface area contributed by atoms with Gasteiger partial charge in [0.2, 0.25) is 0 Å². The molecule has 25 heavy (non-hydrogen) atoms. The first-order valence-corrected chi connectivity index (χ1v) is 8.22. The molecule has 0 saturated heterocycles. The molecule has 1 aromatic heterocycles. The predicted molar refractivity (Wildman–Crippen MR) is 105 cm³/mol. The van der Waals surface area contributed by atoms with Crippen LogP contribution in [0.25, 0.3) is 11.3 Å². The lowest BCUT2D eigenvalue weighted by atomic mass is 10.1. The van der Waals surface area contributed by atoms with E-state index < -0.39 is 0 Å². The number of nitrogens with one attached hydrogen (secondary N) is 1. The van der Waals surface area contributed by atoms with Gasteiger partial charge in [-0.2, -0.15) is 0 Å². The molecule has 0 saturated carbocycles. The van der Waals surface area contributed by atoms with E-state index in [4.69, 9.17) is 20.8 Å². The van der Waals surface area contributed by atoms with E-state index in [0.29, 0.717) is 17.3 Å². The Balaban J connectivity index is 0.00000225. The number of furan rings is 1. The Morgan fingerprint density at radius 2 is 1.76 bits per heavy atom. The van der Waals surface area contributed by atoms with E-state index in [1.165, 1.54) is 11.1 Å². The van der Waals surface area contributed by atoms with Crippen molar-refractivity contribution in [2.75, 3.05) is 7.11 Å². The molecule has 3 rings (SSSR count). The third-order valence-corrected chi connectivity index (χ3v) is 4.14. The number of aryl methyl sites for hydroxylation is 1. The first-order chi connectivity index (χ1) is 11.7. The second-order valence-electron chi connectivity index (χ2n) is 5.70. The highest BCUT2D eigenvalue weighted by Crippen LogP contribution is 2.31. The van der Waals surface area contributed by atoms with Crippen LogP contribution < -0.4 is 10.1 Å². The van der Waals surface area contributed by atoms with Gasteiger partial charge in [-0.25, -0.2) is 0 Å². The van der Waals surface area contributed by atoms with Gasteiger partial charge in [0.1, 0.15) is 17.3 Å². The molecule has 0 fully saturated rings. The van der Waals surface area contributed by atoms with Crippen molar-refractivity contribution in [3.63, 3.8) is 0 Å². The SMILES string of the molecule is COc1ccc(-c2ccc(CNCc3ccc(C)cc3)o2)cc1Cl.Cl. The summed E-state index contributed by atoms with van der Waals surface area (Å²) in [4.78, 5) is 0. The first-order valence-electron chi connectivity index (χ1n) is 7.84. The van der Waals surface area contributed by atoms with Crippen molar-refractivity contribution in [1.82, 2.24) is 5.32 Å². The monoisotopic (exact) mass is 377 g/mol. The maximum absolute atomic E-state index is 6.17. The number of benzene rings is 2. The molecule has 0 aliphatic rings. The van der Waals surface area contributed by atoms with E-state index in [9.17, 15) is 0 Å². The van der Waals surface area contributed by atoms with Crippen LogP contribution >= 0.6 is 24.0 Å². The molecule has 3 aromatic rings. The number of hydrogen-bond acceptors (Lipinski definition) is 3. The molecular formula is C20H21Cl2NO2. The lowest BCUT2D eigenvalue weighted by Gasteiger charge is -2.05. The van der Waals surface area contributed by atoms with E-state index in [-0.39, 0.29) is 12.4 Å². The largest absolute Gasteiger partial charge is 0.495 e. The van der Waals surface area contributed by atoms with Gasteiger partial charge < -0.3 is 14.5 Å². The van der Waals surface area contributed by atoms with E-state index in [1.807, 2.05) is 30.3 Å². The Morgan fingerprint density at radius 1 is 1.00 bits per heavy atom. The van der Waals surface area contributed by atoms with Crippen LogP contribution in [-0.4, -0.2) is 7.11 Å². The molecule has 1 N–H and O–H groups in total. The predicted octanol–water partition coefficient (Wildman–Crippen LogP) is 5.63. The van der Waals surface area contributed by atoms with Crippen molar-refractivity contribution in [1.29, 1.82) is 0 Å². The topological polar surface area (TPSA) is 34.4 Å². The summed E-state index contributed by atoms with van der Waals surface area (Å²) >= 11 is 6.17. The Kier molecular flexibility index (Phi) is 6.94. The van der Waals surface area contributed by atoms with Crippen molar-refractivity contribution < 1.29 is 9.15 Å². The maximum Gasteiger partial charge on any atom is 0.137 e. The smallest absolute Gasteiger partial charge is 0.137 e. The first kappa shape index (κ1) is 19.4. The third kappa shape index (κ3) is 5.02. The fraction of sp³-hybridized carbons (Fsp3) is 0.200. The second kappa shape index (κ2) is 8.95. The summed E-state index contributed by atoms with van der Waals surface area (Å²) in [6.07, 6.45) is 0. The average Bonchev–Trinajstić information content (AvgIpc) is 3.05. The number of halogens is 2. The standard InChI is InChI=1S/C20H20ClNO2.ClH/c1-14-3-5-15(6-4-14)12-22-13-17-8-10-19(24-17)16-7-9-20(23-2)18(21)11-16;/h3-11,22H,12-13H2,1-2H3;1H. The molecule has 0 unspecified atom stereocenters. The Bertz CT molecular complexity index is 813. The summed E-state index contributed by atoms with van der Waals surface area (Å²) in [6.45, 7) is 3.58. The molecule has 5 heteroatoms. The second-order valence-corrected chi connectivity index (χ2v) is 6.11. The molecule has 1 heterocycles. The van der Waals surface area contributed by atoms with Crippen LogP contribution in [-0.2, 0) is 13.1 Å². The van der Waals surface area contributed by atoms with Crippen LogP contribution in [0.5, 0.6) is 5.75 Å². The van der Waals surface area contributed by atoms with Crippen LogP contribution in [0, 0.1) is 6.92 Å². The Labute approximate surface area is 159 Å². The minimum absolute atomic E-state index is 0. The quantitative estimate of drug-likeness (QED) is 0.604. The minimum atomic E-state index is 0. The molecule has 0 aliphatic heterocycles. The highest BCUT2D eigenvalue weighted by atomic mass is 35.5. The summed E-state index contributed by atoms with van der Waals surface area (Å²) in [7, 11) is 1.60. The summed E-state index contributed by atoms with van der Waals surface area (Å²) in [5.41, 5.74) is 3.47. The summed E-state index contributed by atoms with van der Waals surface area (Å²) in [6, 6.07) is 18.1. The van der Waals surface area contributed by atoms with Gasteiger partial charge in [0, 0.05) is 12.1 Å². The molecule has 0 spiro atoms. The number of hydrogen-bond donors (Lipinski definition) is 1. The van der Waals surface area contributed by atoms with Crippen LogP contribution in [0.2, 0.25) is 5.02 Å². The van der Waals surface area contributed by atoms with Crippen molar-refractivity contribution in [2.24, 2.45) is 0 Å². The fourth-order valence-electron chi connectivity index (χ4n) is 2.48. The zero-order chi connectivity index (χ0) is 16.9. The Morgan fingerprint density at radius 3 is 2.44 bits per heavy atom. The molecule has 0 amide bonds. The highest BCUT2D eigenvalue weighted by molar-refractivity contribution is 6.32. The van der Waals surface area contributed by atoms with E-state index >= 15 is 0 Å². The van der Waals surface area contributed by atoms with Gasteiger partial charge in [-0.1, -0.05) is 41.4 Å². The molecule has 0 aliphatic carbocycles. The van der Waals surface area contributed by atoms with Gasteiger partial charge >= 0.3 is 0 Å². The van der Waals surface area contributed by atoms with Crippen molar-refractivity contribution in [3.8, 4) is 17.1 Å². The van der Waals surface area contributed by atoms with Gasteiger partial charge in [0.25, 0.3) is 0 Å². The summed E-state index contributed by atoms with van der Waals surface area (Å²) in [5, 5.41) is 3.97. The molecule has 0 atom stereocenters. The van der Waals surface area contributed by atoms with Crippen LogP contribution in [0.1, 0.15) is 16.9 Å². The van der Waals surface area contributed by atoms with E-state index in [1.54, 1.807) is 7.11 Å². The number of ether oxygens (including phenoxy) is 1. The molecule has 0 bridgehead atoms. The van der Waals surface area contributed by atoms with Gasteiger partial charge in [-0.3, -0.25) is 0 Å². The van der Waals surface area contributed by atoms with Crippen LogP contribution in [0.15, 0.2) is 59.0 Å². The average molecular weight is 378 g/mol. The lowest BCUT2D eigenvalue weighted by Crippen LogP contribution is -2.11. The fourth-order valence-corrected chi connectivity index (χ4v) is 2.74. The van der Waals surface area contributed by atoms with Crippen LogP contribution in [0.4, 0.5) is 0 Å². The number of methoxy groups -OCH3 is 1. The van der Waals surface area contributed by atoms with Crippen molar-refractivity contribution in [3.05, 3.63) is 76.5 Å². The van der Waals surface area contributed by atoms with Crippen LogP contribution in [0.3, 0.4) is 0 Å².